The first-order valence-electron chi connectivity index (χ1n) is 8.60. The molecule has 5 nitrogen and oxygen atoms in total. The van der Waals surface area contributed by atoms with Crippen LogP contribution in [0.2, 0.25) is 0 Å². The van der Waals surface area contributed by atoms with Crippen LogP contribution in [0.15, 0.2) is 55.1 Å². The van der Waals surface area contributed by atoms with Crippen LogP contribution in [-0.2, 0) is 0 Å². The summed E-state index contributed by atoms with van der Waals surface area (Å²) in [4.78, 5) is 14.4. The molecule has 2 N–H and O–H groups in total. The Morgan fingerprint density at radius 1 is 1.00 bits per heavy atom. The molecule has 0 aliphatic heterocycles. The molecule has 7 heteroatoms. The SMILES string of the molecule is C=C(NNC(=O)c1ccc(N(CC)CC)cc1)c1ccc(OC(F)F)cc1. The number of carbonyl (C=O) groups excluding carboxylic acids is 1. The molecule has 0 aliphatic carbocycles. The predicted octanol–water partition coefficient (Wildman–Crippen LogP) is 4.04. The van der Waals surface area contributed by atoms with Gasteiger partial charge < -0.3 is 9.64 Å². The molecule has 0 heterocycles. The van der Waals surface area contributed by atoms with Gasteiger partial charge in [0.05, 0.1) is 5.70 Å². The number of hydrazine groups is 1. The molecular formula is C20H23F2N3O2. The van der Waals surface area contributed by atoms with Crippen LogP contribution in [0.5, 0.6) is 5.75 Å². The number of rotatable bonds is 9. The Kier molecular flexibility index (Phi) is 7.16. The molecule has 1 amide bonds. The van der Waals surface area contributed by atoms with Crippen LogP contribution in [-0.4, -0.2) is 25.6 Å². The van der Waals surface area contributed by atoms with E-state index in [1.54, 1.807) is 24.3 Å². The maximum absolute atomic E-state index is 12.2. The van der Waals surface area contributed by atoms with Crippen molar-refractivity contribution >= 4 is 17.3 Å². The number of carbonyl (C=O) groups is 1. The van der Waals surface area contributed by atoms with Crippen molar-refractivity contribution in [2.45, 2.75) is 20.5 Å². The van der Waals surface area contributed by atoms with E-state index in [0.717, 1.165) is 18.8 Å². The van der Waals surface area contributed by atoms with E-state index in [4.69, 9.17) is 0 Å². The van der Waals surface area contributed by atoms with Crippen LogP contribution in [0.4, 0.5) is 14.5 Å². The fourth-order valence-electron chi connectivity index (χ4n) is 2.53. The molecule has 0 aliphatic rings. The highest BCUT2D eigenvalue weighted by atomic mass is 19.3. The summed E-state index contributed by atoms with van der Waals surface area (Å²) in [5, 5.41) is 0. The van der Waals surface area contributed by atoms with Gasteiger partial charge in [0.25, 0.3) is 5.91 Å². The molecule has 0 aromatic heterocycles. The van der Waals surface area contributed by atoms with Gasteiger partial charge in [-0.1, -0.05) is 6.58 Å². The van der Waals surface area contributed by atoms with Crippen molar-refractivity contribution in [3.63, 3.8) is 0 Å². The number of anilines is 1. The molecular weight excluding hydrogens is 352 g/mol. The maximum atomic E-state index is 12.2. The van der Waals surface area contributed by atoms with Crippen molar-refractivity contribution in [2.24, 2.45) is 0 Å². The molecule has 0 atom stereocenters. The molecule has 0 fully saturated rings. The van der Waals surface area contributed by atoms with E-state index in [1.165, 1.54) is 12.1 Å². The van der Waals surface area contributed by atoms with Gasteiger partial charge in [0.15, 0.2) is 0 Å². The second kappa shape index (κ2) is 9.56. The number of ether oxygens (including phenoxy) is 1. The number of benzene rings is 2. The molecule has 2 rings (SSSR count). The standard InChI is InChI=1S/C20H23F2N3O2/c1-4-25(5-2)17-10-6-16(7-11-17)19(26)24-23-14(3)15-8-12-18(13-9-15)27-20(21)22/h6-13,20,23H,3-5H2,1-2H3,(H,24,26). The van der Waals surface area contributed by atoms with Gasteiger partial charge >= 0.3 is 6.61 Å². The predicted molar refractivity (Wildman–Crippen MR) is 103 cm³/mol. The fourth-order valence-corrected chi connectivity index (χ4v) is 2.53. The van der Waals surface area contributed by atoms with E-state index in [0.29, 0.717) is 16.8 Å². The highest BCUT2D eigenvalue weighted by Crippen LogP contribution is 2.18. The summed E-state index contributed by atoms with van der Waals surface area (Å²) in [5.74, 6) is -0.251. The maximum Gasteiger partial charge on any atom is 0.387 e. The monoisotopic (exact) mass is 375 g/mol. The fraction of sp³-hybridized carbons (Fsp3) is 0.250. The van der Waals surface area contributed by atoms with Crippen LogP contribution in [0, 0.1) is 0 Å². The number of nitrogens with one attached hydrogen (secondary N) is 2. The zero-order valence-electron chi connectivity index (χ0n) is 15.3. The van der Waals surface area contributed by atoms with E-state index >= 15 is 0 Å². The molecule has 0 radical (unpaired) electrons. The van der Waals surface area contributed by atoms with Crippen molar-refractivity contribution in [2.75, 3.05) is 18.0 Å². The minimum Gasteiger partial charge on any atom is -0.435 e. The van der Waals surface area contributed by atoms with Crippen molar-refractivity contribution in [1.29, 1.82) is 0 Å². The van der Waals surface area contributed by atoms with Crippen LogP contribution < -0.4 is 20.5 Å². The number of nitrogens with zero attached hydrogens (tertiary/aromatic N) is 1. The van der Waals surface area contributed by atoms with Crippen molar-refractivity contribution in [3.8, 4) is 5.75 Å². The minimum atomic E-state index is -2.87. The van der Waals surface area contributed by atoms with Gasteiger partial charge in [-0.05, 0) is 67.9 Å². The smallest absolute Gasteiger partial charge is 0.387 e. The Hall–Kier alpha value is -3.09. The van der Waals surface area contributed by atoms with Crippen molar-refractivity contribution < 1.29 is 18.3 Å². The molecule has 27 heavy (non-hydrogen) atoms. The first-order valence-corrected chi connectivity index (χ1v) is 8.60. The number of alkyl halides is 2. The number of amides is 1. The highest BCUT2D eigenvalue weighted by Gasteiger charge is 2.09. The summed E-state index contributed by atoms with van der Waals surface area (Å²) in [6.45, 7) is 6.89. The quantitative estimate of drug-likeness (QED) is 0.650. The molecule has 0 saturated heterocycles. The lowest BCUT2D eigenvalue weighted by Gasteiger charge is -2.21. The van der Waals surface area contributed by atoms with Crippen molar-refractivity contribution in [1.82, 2.24) is 10.9 Å². The third-order valence-electron chi connectivity index (χ3n) is 4.01. The van der Waals surface area contributed by atoms with Crippen LogP contribution in [0.1, 0.15) is 29.8 Å². The minimum absolute atomic E-state index is 0.0545. The Morgan fingerprint density at radius 2 is 1.56 bits per heavy atom. The normalized spacial score (nSPS) is 10.4. The summed E-state index contributed by atoms with van der Waals surface area (Å²) in [6.07, 6.45) is 0. The molecule has 0 unspecified atom stereocenters. The number of halogens is 2. The third-order valence-corrected chi connectivity index (χ3v) is 4.01. The van der Waals surface area contributed by atoms with E-state index in [-0.39, 0.29) is 11.7 Å². The summed E-state index contributed by atoms with van der Waals surface area (Å²) in [5.41, 5.74) is 7.91. The highest BCUT2D eigenvalue weighted by molar-refractivity contribution is 5.94. The Morgan fingerprint density at radius 3 is 2.07 bits per heavy atom. The lowest BCUT2D eigenvalue weighted by molar-refractivity contribution is -0.0498. The van der Waals surface area contributed by atoms with E-state index in [2.05, 4.69) is 40.9 Å². The Bertz CT molecular complexity index is 758. The molecule has 2 aromatic rings. The second-order valence-corrected chi connectivity index (χ2v) is 5.68. The van der Waals surface area contributed by atoms with Gasteiger partial charge in [-0.2, -0.15) is 8.78 Å². The topological polar surface area (TPSA) is 53.6 Å². The summed E-state index contributed by atoms with van der Waals surface area (Å²) < 4.78 is 28.6. The summed E-state index contributed by atoms with van der Waals surface area (Å²) >= 11 is 0. The molecule has 2 aromatic carbocycles. The molecule has 0 bridgehead atoms. The van der Waals surface area contributed by atoms with Crippen LogP contribution >= 0.6 is 0 Å². The van der Waals surface area contributed by atoms with Gasteiger partial charge in [0.1, 0.15) is 5.75 Å². The zero-order chi connectivity index (χ0) is 19.8. The Balaban J connectivity index is 1.91. The van der Waals surface area contributed by atoms with Gasteiger partial charge in [-0.15, -0.1) is 0 Å². The van der Waals surface area contributed by atoms with E-state index in [1.807, 2.05) is 12.1 Å². The third kappa shape index (κ3) is 5.70. The number of hydrogen-bond donors (Lipinski definition) is 2. The van der Waals surface area contributed by atoms with Gasteiger partial charge in [0.2, 0.25) is 0 Å². The first-order chi connectivity index (χ1) is 12.9. The van der Waals surface area contributed by atoms with Crippen molar-refractivity contribution in [3.05, 3.63) is 66.2 Å². The molecule has 0 saturated carbocycles. The molecule has 144 valence electrons. The van der Waals surface area contributed by atoms with Crippen LogP contribution in [0.25, 0.3) is 5.70 Å². The van der Waals surface area contributed by atoms with E-state index < -0.39 is 6.61 Å². The lowest BCUT2D eigenvalue weighted by Crippen LogP contribution is -2.35. The average molecular weight is 375 g/mol. The van der Waals surface area contributed by atoms with Gasteiger partial charge in [-0.3, -0.25) is 15.6 Å². The average Bonchev–Trinajstić information content (AvgIpc) is 2.67. The summed E-state index contributed by atoms with van der Waals surface area (Å²) in [7, 11) is 0. The zero-order valence-corrected chi connectivity index (χ0v) is 15.3. The second-order valence-electron chi connectivity index (χ2n) is 5.68. The molecule has 0 spiro atoms. The van der Waals surface area contributed by atoms with Gasteiger partial charge in [0, 0.05) is 24.3 Å². The largest absolute Gasteiger partial charge is 0.435 e. The van der Waals surface area contributed by atoms with Gasteiger partial charge in [-0.25, -0.2) is 0 Å². The summed E-state index contributed by atoms with van der Waals surface area (Å²) in [6, 6.07) is 13.3. The number of hydrogen-bond acceptors (Lipinski definition) is 4. The van der Waals surface area contributed by atoms with Crippen LogP contribution in [0.3, 0.4) is 0 Å². The Labute approximate surface area is 157 Å². The first kappa shape index (κ1) is 20.2. The lowest BCUT2D eigenvalue weighted by atomic mass is 10.1. The van der Waals surface area contributed by atoms with E-state index in [9.17, 15) is 13.6 Å².